The molecule has 0 radical (unpaired) electrons. The van der Waals surface area contributed by atoms with E-state index in [1.807, 2.05) is 0 Å². The van der Waals surface area contributed by atoms with Gasteiger partial charge in [-0.1, -0.05) is 25.1 Å². The number of hydrogen-bond acceptors (Lipinski definition) is 3. The van der Waals surface area contributed by atoms with Crippen molar-refractivity contribution in [1.82, 2.24) is 5.32 Å². The van der Waals surface area contributed by atoms with Crippen molar-refractivity contribution in [3.63, 3.8) is 0 Å². The summed E-state index contributed by atoms with van der Waals surface area (Å²) in [4.78, 5) is 0. The van der Waals surface area contributed by atoms with Gasteiger partial charge in [-0.05, 0) is 48.8 Å². The van der Waals surface area contributed by atoms with E-state index in [9.17, 15) is 5.11 Å². The SMILES string of the molecule is CCC(NCCO)C(O)c1ccc2c(c1)CCCC2. The molecule has 1 aromatic carbocycles. The van der Waals surface area contributed by atoms with Crippen LogP contribution < -0.4 is 5.32 Å². The molecule has 0 saturated heterocycles. The molecule has 3 N–H and O–H groups in total. The van der Waals surface area contributed by atoms with E-state index in [0.717, 1.165) is 18.4 Å². The number of nitrogens with one attached hydrogen (secondary N) is 1. The highest BCUT2D eigenvalue weighted by molar-refractivity contribution is 5.35. The van der Waals surface area contributed by atoms with E-state index in [1.54, 1.807) is 0 Å². The third-order valence-corrected chi connectivity index (χ3v) is 4.05. The zero-order chi connectivity index (χ0) is 13.7. The van der Waals surface area contributed by atoms with Crippen molar-refractivity contribution < 1.29 is 10.2 Å². The molecule has 3 nitrogen and oxygen atoms in total. The number of aliphatic hydroxyl groups excluding tert-OH is 2. The topological polar surface area (TPSA) is 52.5 Å². The Morgan fingerprint density at radius 2 is 1.95 bits per heavy atom. The van der Waals surface area contributed by atoms with E-state index in [-0.39, 0.29) is 12.6 Å². The average Bonchev–Trinajstić information content (AvgIpc) is 2.47. The van der Waals surface area contributed by atoms with Crippen LogP contribution in [-0.2, 0) is 12.8 Å². The molecule has 0 bridgehead atoms. The minimum atomic E-state index is -0.497. The smallest absolute Gasteiger partial charge is 0.0942 e. The van der Waals surface area contributed by atoms with Crippen molar-refractivity contribution in [2.75, 3.05) is 13.2 Å². The monoisotopic (exact) mass is 263 g/mol. The Morgan fingerprint density at radius 1 is 1.21 bits per heavy atom. The molecular formula is C16H25NO2. The van der Waals surface area contributed by atoms with E-state index in [0.29, 0.717) is 6.54 Å². The van der Waals surface area contributed by atoms with Crippen molar-refractivity contribution in [2.24, 2.45) is 0 Å². The maximum atomic E-state index is 10.5. The second-order valence-electron chi connectivity index (χ2n) is 5.37. The Morgan fingerprint density at radius 3 is 2.63 bits per heavy atom. The maximum absolute atomic E-state index is 10.5. The fourth-order valence-electron chi connectivity index (χ4n) is 2.90. The summed E-state index contributed by atoms with van der Waals surface area (Å²) in [5, 5.41) is 22.5. The van der Waals surface area contributed by atoms with E-state index in [1.165, 1.54) is 30.4 Å². The Bertz CT molecular complexity index is 406. The van der Waals surface area contributed by atoms with Crippen LogP contribution in [0.25, 0.3) is 0 Å². The fraction of sp³-hybridized carbons (Fsp3) is 0.625. The fourth-order valence-corrected chi connectivity index (χ4v) is 2.90. The summed E-state index contributed by atoms with van der Waals surface area (Å²) in [6.45, 7) is 2.69. The molecule has 0 fully saturated rings. The van der Waals surface area contributed by atoms with E-state index >= 15 is 0 Å². The summed E-state index contributed by atoms with van der Waals surface area (Å²) in [6.07, 6.45) is 5.20. The summed E-state index contributed by atoms with van der Waals surface area (Å²) in [5.74, 6) is 0. The molecule has 3 heteroatoms. The standard InChI is InChI=1S/C16H25NO2/c1-2-15(17-9-10-18)16(19)14-8-7-12-5-3-4-6-13(12)11-14/h7-8,11,15-19H,2-6,9-10H2,1H3. The van der Waals surface area contributed by atoms with Crippen molar-refractivity contribution >= 4 is 0 Å². The van der Waals surface area contributed by atoms with Crippen LogP contribution >= 0.6 is 0 Å². The Balaban J connectivity index is 2.11. The molecule has 2 unspecified atom stereocenters. The molecule has 2 atom stereocenters. The zero-order valence-electron chi connectivity index (χ0n) is 11.7. The van der Waals surface area contributed by atoms with Gasteiger partial charge in [-0.2, -0.15) is 0 Å². The molecule has 2 rings (SSSR count). The first kappa shape index (κ1) is 14.5. The molecule has 0 spiro atoms. The van der Waals surface area contributed by atoms with Gasteiger partial charge in [0.1, 0.15) is 0 Å². The van der Waals surface area contributed by atoms with Crippen molar-refractivity contribution in [1.29, 1.82) is 0 Å². The molecule has 0 amide bonds. The van der Waals surface area contributed by atoms with Gasteiger partial charge in [-0.15, -0.1) is 0 Å². The van der Waals surface area contributed by atoms with Gasteiger partial charge in [-0.3, -0.25) is 0 Å². The number of hydrogen-bond donors (Lipinski definition) is 3. The summed E-state index contributed by atoms with van der Waals surface area (Å²) in [7, 11) is 0. The molecule has 1 aliphatic rings. The molecule has 0 aromatic heterocycles. The van der Waals surface area contributed by atoms with Gasteiger partial charge in [0.15, 0.2) is 0 Å². The predicted molar refractivity (Wildman–Crippen MR) is 77.2 cm³/mol. The largest absolute Gasteiger partial charge is 0.395 e. The van der Waals surface area contributed by atoms with Crippen LogP contribution in [0.15, 0.2) is 18.2 Å². The first-order valence-electron chi connectivity index (χ1n) is 7.40. The predicted octanol–water partition coefficient (Wildman–Crippen LogP) is 1.96. The summed E-state index contributed by atoms with van der Waals surface area (Å²) in [5.41, 5.74) is 3.84. The van der Waals surface area contributed by atoms with Gasteiger partial charge in [-0.25, -0.2) is 0 Å². The average molecular weight is 263 g/mol. The van der Waals surface area contributed by atoms with Gasteiger partial charge in [0.05, 0.1) is 12.7 Å². The highest BCUT2D eigenvalue weighted by atomic mass is 16.3. The van der Waals surface area contributed by atoms with Crippen LogP contribution in [0, 0.1) is 0 Å². The third kappa shape index (κ3) is 3.56. The number of aliphatic hydroxyl groups is 2. The zero-order valence-corrected chi connectivity index (χ0v) is 11.7. The van der Waals surface area contributed by atoms with Crippen LogP contribution in [-0.4, -0.2) is 29.4 Å². The number of benzene rings is 1. The molecule has 19 heavy (non-hydrogen) atoms. The number of fused-ring (bicyclic) bond motifs is 1. The van der Waals surface area contributed by atoms with Crippen LogP contribution in [0.1, 0.15) is 49.0 Å². The lowest BCUT2D eigenvalue weighted by molar-refractivity contribution is 0.122. The highest BCUT2D eigenvalue weighted by Gasteiger charge is 2.20. The van der Waals surface area contributed by atoms with Crippen LogP contribution in [0.2, 0.25) is 0 Å². The van der Waals surface area contributed by atoms with E-state index < -0.39 is 6.10 Å². The molecule has 1 aliphatic carbocycles. The van der Waals surface area contributed by atoms with Gasteiger partial charge in [0.2, 0.25) is 0 Å². The first-order chi connectivity index (χ1) is 9.26. The Hall–Kier alpha value is -0.900. The molecule has 1 aromatic rings. The van der Waals surface area contributed by atoms with Crippen LogP contribution in [0.5, 0.6) is 0 Å². The normalized spacial score (nSPS) is 17.8. The summed E-state index contributed by atoms with van der Waals surface area (Å²) >= 11 is 0. The lowest BCUT2D eigenvalue weighted by Gasteiger charge is -2.25. The van der Waals surface area contributed by atoms with Crippen molar-refractivity contribution in [3.05, 3.63) is 34.9 Å². The van der Waals surface area contributed by atoms with Gasteiger partial charge in [0, 0.05) is 12.6 Å². The van der Waals surface area contributed by atoms with E-state index in [2.05, 4.69) is 30.4 Å². The van der Waals surface area contributed by atoms with Crippen molar-refractivity contribution in [2.45, 2.75) is 51.2 Å². The Labute approximate surface area is 115 Å². The second-order valence-corrected chi connectivity index (χ2v) is 5.37. The van der Waals surface area contributed by atoms with Crippen molar-refractivity contribution in [3.8, 4) is 0 Å². The highest BCUT2D eigenvalue weighted by Crippen LogP contribution is 2.26. The first-order valence-corrected chi connectivity index (χ1v) is 7.40. The second kappa shape index (κ2) is 7.04. The summed E-state index contributed by atoms with van der Waals surface area (Å²) in [6, 6.07) is 6.40. The minimum Gasteiger partial charge on any atom is -0.395 e. The minimum absolute atomic E-state index is 0.00814. The quantitative estimate of drug-likeness (QED) is 0.735. The number of rotatable bonds is 6. The van der Waals surface area contributed by atoms with Gasteiger partial charge < -0.3 is 15.5 Å². The van der Waals surface area contributed by atoms with E-state index in [4.69, 9.17) is 5.11 Å². The van der Waals surface area contributed by atoms with Crippen LogP contribution in [0.4, 0.5) is 0 Å². The summed E-state index contributed by atoms with van der Waals surface area (Å²) < 4.78 is 0. The lowest BCUT2D eigenvalue weighted by Crippen LogP contribution is -2.36. The molecule has 0 aliphatic heterocycles. The molecular weight excluding hydrogens is 238 g/mol. The van der Waals surface area contributed by atoms with Gasteiger partial charge >= 0.3 is 0 Å². The number of aryl methyl sites for hydroxylation is 2. The molecule has 0 heterocycles. The maximum Gasteiger partial charge on any atom is 0.0942 e. The Kier molecular flexibility index (Phi) is 5.37. The third-order valence-electron chi connectivity index (χ3n) is 4.05. The lowest BCUT2D eigenvalue weighted by atomic mass is 9.88. The molecule has 0 saturated carbocycles. The van der Waals surface area contributed by atoms with Crippen LogP contribution in [0.3, 0.4) is 0 Å². The van der Waals surface area contributed by atoms with Gasteiger partial charge in [0.25, 0.3) is 0 Å². The molecule has 106 valence electrons.